The molecule has 1 aromatic carbocycles. The van der Waals surface area contributed by atoms with Crippen LogP contribution in [0.25, 0.3) is 0 Å². The van der Waals surface area contributed by atoms with Crippen LogP contribution in [0.1, 0.15) is 26.3 Å². The van der Waals surface area contributed by atoms with E-state index in [2.05, 4.69) is 49.9 Å². The topological polar surface area (TPSA) is 29.3 Å². The summed E-state index contributed by atoms with van der Waals surface area (Å²) < 4.78 is 0. The van der Waals surface area contributed by atoms with Crippen molar-refractivity contribution in [2.45, 2.75) is 33.2 Å². The Morgan fingerprint density at radius 2 is 2.00 bits per heavy atom. The molecular weight excluding hydrogens is 196 g/mol. The zero-order chi connectivity index (χ0) is 11.8. The fourth-order valence-corrected chi connectivity index (χ4v) is 2.64. The summed E-state index contributed by atoms with van der Waals surface area (Å²) in [7, 11) is 0. The van der Waals surface area contributed by atoms with Crippen molar-refractivity contribution >= 4 is 5.69 Å². The van der Waals surface area contributed by atoms with Gasteiger partial charge in [0.05, 0.1) is 0 Å². The summed E-state index contributed by atoms with van der Waals surface area (Å²) in [5.41, 5.74) is 9.03. The van der Waals surface area contributed by atoms with E-state index in [0.29, 0.717) is 6.04 Å². The van der Waals surface area contributed by atoms with Crippen molar-refractivity contribution in [3.63, 3.8) is 0 Å². The summed E-state index contributed by atoms with van der Waals surface area (Å²) >= 11 is 0. The summed E-state index contributed by atoms with van der Waals surface area (Å²) in [6.45, 7) is 8.64. The molecule has 16 heavy (non-hydrogen) atoms. The van der Waals surface area contributed by atoms with E-state index >= 15 is 0 Å². The van der Waals surface area contributed by atoms with Crippen LogP contribution in [0.3, 0.4) is 0 Å². The Morgan fingerprint density at radius 3 is 2.62 bits per heavy atom. The molecule has 2 nitrogen and oxygen atoms in total. The van der Waals surface area contributed by atoms with Crippen LogP contribution < -0.4 is 10.6 Å². The third-order valence-corrected chi connectivity index (χ3v) is 3.52. The number of nitrogens with zero attached hydrogens (tertiary/aromatic N) is 1. The molecule has 0 aliphatic carbocycles. The SMILES string of the molecule is CC(C)(C)C(CN)N1CCc2ccccc21. The quantitative estimate of drug-likeness (QED) is 0.826. The molecule has 1 unspecified atom stereocenters. The fourth-order valence-electron chi connectivity index (χ4n) is 2.64. The Bertz CT molecular complexity index is 365. The predicted octanol–water partition coefficient (Wildman–Crippen LogP) is 2.42. The summed E-state index contributed by atoms with van der Waals surface area (Å²) in [4.78, 5) is 2.48. The number of benzene rings is 1. The number of nitrogens with two attached hydrogens (primary N) is 1. The maximum Gasteiger partial charge on any atom is 0.0460 e. The molecule has 0 bridgehead atoms. The molecule has 0 saturated carbocycles. The van der Waals surface area contributed by atoms with Gasteiger partial charge in [0.2, 0.25) is 0 Å². The highest BCUT2D eigenvalue weighted by Gasteiger charge is 2.32. The largest absolute Gasteiger partial charge is 0.366 e. The van der Waals surface area contributed by atoms with Crippen LogP contribution in [-0.2, 0) is 6.42 Å². The van der Waals surface area contributed by atoms with Crippen LogP contribution in [0.2, 0.25) is 0 Å². The molecule has 88 valence electrons. The maximum absolute atomic E-state index is 5.95. The van der Waals surface area contributed by atoms with Crippen LogP contribution in [-0.4, -0.2) is 19.1 Å². The van der Waals surface area contributed by atoms with Crippen LogP contribution in [0.5, 0.6) is 0 Å². The Kier molecular flexibility index (Phi) is 2.94. The lowest BCUT2D eigenvalue weighted by atomic mass is 9.85. The molecule has 0 spiro atoms. The normalized spacial score (nSPS) is 17.4. The number of rotatable bonds is 2. The second-order valence-corrected chi connectivity index (χ2v) is 5.69. The standard InChI is InChI=1S/C14H22N2/c1-14(2,3)13(10-15)16-9-8-11-6-4-5-7-12(11)16/h4-7,13H,8-10,15H2,1-3H3. The number of fused-ring (bicyclic) bond motifs is 1. The smallest absolute Gasteiger partial charge is 0.0460 e. The molecule has 1 heterocycles. The Labute approximate surface area is 98.4 Å². The lowest BCUT2D eigenvalue weighted by molar-refractivity contribution is 0.311. The molecule has 0 saturated heterocycles. The Morgan fingerprint density at radius 1 is 1.31 bits per heavy atom. The van der Waals surface area contributed by atoms with E-state index in [1.807, 2.05) is 0 Å². The highest BCUT2D eigenvalue weighted by Crippen LogP contribution is 2.34. The maximum atomic E-state index is 5.95. The van der Waals surface area contributed by atoms with E-state index in [-0.39, 0.29) is 5.41 Å². The zero-order valence-electron chi connectivity index (χ0n) is 10.5. The molecule has 1 atom stereocenters. The fraction of sp³-hybridized carbons (Fsp3) is 0.571. The molecule has 0 fully saturated rings. The molecule has 0 aromatic heterocycles. The molecule has 2 heteroatoms. The van der Waals surface area contributed by atoms with Gasteiger partial charge >= 0.3 is 0 Å². The first-order valence-electron chi connectivity index (χ1n) is 6.08. The highest BCUT2D eigenvalue weighted by atomic mass is 15.2. The van der Waals surface area contributed by atoms with Gasteiger partial charge in [0.25, 0.3) is 0 Å². The average molecular weight is 218 g/mol. The number of hydrogen-bond acceptors (Lipinski definition) is 2. The van der Waals surface area contributed by atoms with Gasteiger partial charge in [-0.2, -0.15) is 0 Å². The third-order valence-electron chi connectivity index (χ3n) is 3.52. The van der Waals surface area contributed by atoms with E-state index < -0.39 is 0 Å². The molecular formula is C14H22N2. The van der Waals surface area contributed by atoms with Gasteiger partial charge in [-0.05, 0) is 23.5 Å². The Balaban J connectivity index is 2.30. The summed E-state index contributed by atoms with van der Waals surface area (Å²) in [6.07, 6.45) is 1.16. The molecule has 1 aliphatic rings. The highest BCUT2D eigenvalue weighted by molar-refractivity contribution is 5.58. The number of para-hydroxylation sites is 1. The van der Waals surface area contributed by atoms with Crippen molar-refractivity contribution in [2.24, 2.45) is 11.1 Å². The van der Waals surface area contributed by atoms with E-state index in [0.717, 1.165) is 19.5 Å². The van der Waals surface area contributed by atoms with Gasteiger partial charge in [0, 0.05) is 24.8 Å². The van der Waals surface area contributed by atoms with Gasteiger partial charge in [-0.3, -0.25) is 0 Å². The van der Waals surface area contributed by atoms with Crippen LogP contribution in [0.4, 0.5) is 5.69 Å². The van der Waals surface area contributed by atoms with Crippen molar-refractivity contribution in [3.8, 4) is 0 Å². The predicted molar refractivity (Wildman–Crippen MR) is 69.8 cm³/mol. The third kappa shape index (κ3) is 1.94. The van der Waals surface area contributed by atoms with E-state index in [1.165, 1.54) is 11.3 Å². The van der Waals surface area contributed by atoms with Gasteiger partial charge < -0.3 is 10.6 Å². The average Bonchev–Trinajstić information content (AvgIpc) is 2.61. The van der Waals surface area contributed by atoms with E-state index in [1.54, 1.807) is 0 Å². The first-order chi connectivity index (χ1) is 7.54. The minimum atomic E-state index is 0.228. The van der Waals surface area contributed by atoms with Crippen LogP contribution in [0, 0.1) is 5.41 Å². The first-order valence-corrected chi connectivity index (χ1v) is 6.08. The zero-order valence-corrected chi connectivity index (χ0v) is 10.5. The molecule has 0 amide bonds. The van der Waals surface area contributed by atoms with E-state index in [9.17, 15) is 0 Å². The van der Waals surface area contributed by atoms with Crippen LogP contribution >= 0.6 is 0 Å². The van der Waals surface area contributed by atoms with Gasteiger partial charge in [0.15, 0.2) is 0 Å². The number of anilines is 1. The van der Waals surface area contributed by atoms with Gasteiger partial charge in [-0.15, -0.1) is 0 Å². The minimum Gasteiger partial charge on any atom is -0.366 e. The molecule has 1 aromatic rings. The van der Waals surface area contributed by atoms with Gasteiger partial charge in [0.1, 0.15) is 0 Å². The van der Waals surface area contributed by atoms with Crippen LogP contribution in [0.15, 0.2) is 24.3 Å². The van der Waals surface area contributed by atoms with Crippen molar-refractivity contribution in [1.29, 1.82) is 0 Å². The summed E-state index contributed by atoms with van der Waals surface area (Å²) in [5.74, 6) is 0. The van der Waals surface area contributed by atoms with E-state index in [4.69, 9.17) is 5.73 Å². The van der Waals surface area contributed by atoms with Crippen molar-refractivity contribution in [3.05, 3.63) is 29.8 Å². The second-order valence-electron chi connectivity index (χ2n) is 5.69. The monoisotopic (exact) mass is 218 g/mol. The summed E-state index contributed by atoms with van der Waals surface area (Å²) in [5, 5.41) is 0. The summed E-state index contributed by atoms with van der Waals surface area (Å²) in [6, 6.07) is 9.11. The molecule has 1 aliphatic heterocycles. The Hall–Kier alpha value is -1.02. The van der Waals surface area contributed by atoms with Gasteiger partial charge in [-0.25, -0.2) is 0 Å². The molecule has 2 N–H and O–H groups in total. The number of hydrogen-bond donors (Lipinski definition) is 1. The minimum absolute atomic E-state index is 0.228. The van der Waals surface area contributed by atoms with Gasteiger partial charge in [-0.1, -0.05) is 39.0 Å². The van der Waals surface area contributed by atoms with Crippen molar-refractivity contribution in [1.82, 2.24) is 0 Å². The molecule has 0 radical (unpaired) electrons. The first kappa shape index (κ1) is 11.5. The van der Waals surface area contributed by atoms with Crippen molar-refractivity contribution < 1.29 is 0 Å². The lowest BCUT2D eigenvalue weighted by Gasteiger charge is -2.39. The second kappa shape index (κ2) is 4.10. The lowest BCUT2D eigenvalue weighted by Crippen LogP contribution is -2.48. The molecule has 2 rings (SSSR count). The van der Waals surface area contributed by atoms with Crippen molar-refractivity contribution in [2.75, 3.05) is 18.0 Å².